The first-order valence-corrected chi connectivity index (χ1v) is 20.5. The molecule has 0 amide bonds. The molecule has 0 radical (unpaired) electrons. The molecular formula is C58H41N. The molecule has 1 aliphatic carbocycles. The van der Waals surface area contributed by atoms with Crippen molar-refractivity contribution in [3.63, 3.8) is 0 Å². The van der Waals surface area contributed by atoms with Gasteiger partial charge in [0.15, 0.2) is 0 Å². The van der Waals surface area contributed by atoms with E-state index in [2.05, 4.69) is 242 Å². The molecule has 0 saturated carbocycles. The molecule has 0 aromatic heterocycles. The molecule has 0 bridgehead atoms. The average molecular weight is 752 g/mol. The van der Waals surface area contributed by atoms with Crippen molar-refractivity contribution in [1.29, 1.82) is 0 Å². The lowest BCUT2D eigenvalue weighted by atomic mass is 9.74. The van der Waals surface area contributed by atoms with Crippen LogP contribution in [0.1, 0.15) is 23.6 Å². The van der Waals surface area contributed by atoms with Crippen LogP contribution in [0.3, 0.4) is 0 Å². The predicted molar refractivity (Wildman–Crippen MR) is 250 cm³/mol. The lowest BCUT2D eigenvalue weighted by Gasteiger charge is -2.28. The van der Waals surface area contributed by atoms with Crippen molar-refractivity contribution < 1.29 is 0 Å². The summed E-state index contributed by atoms with van der Waals surface area (Å²) in [5, 5.41) is 4.98. The normalized spacial score (nSPS) is 14.3. The van der Waals surface area contributed by atoms with Crippen LogP contribution >= 0.6 is 0 Å². The van der Waals surface area contributed by atoms with E-state index < -0.39 is 0 Å². The second-order valence-corrected chi connectivity index (χ2v) is 15.8. The molecule has 278 valence electrons. The van der Waals surface area contributed by atoms with Gasteiger partial charge in [-0.15, -0.1) is 0 Å². The molecule has 0 N–H and O–H groups in total. The van der Waals surface area contributed by atoms with Crippen molar-refractivity contribution in [3.05, 3.63) is 247 Å². The number of hydrogen-bond donors (Lipinski definition) is 0. The standard InChI is InChI=1S/C58H41N/c1-58(47-19-3-2-4-20-47)55-26-10-9-23-54(55)57-53(25-13-27-56(57)58)46-18-11-21-49(39-46)59(50-37-34-40-14-5-6-16-45(40)38-50)48-35-32-42(33-36-48)41-28-30-44(31-29-41)52-24-12-17-43-15-7-8-22-51(43)52/h2-39H,1H3. The molecular weight excluding hydrogens is 711 g/mol. The zero-order chi connectivity index (χ0) is 39.3. The molecule has 11 rings (SSSR count). The Balaban J connectivity index is 1.000. The summed E-state index contributed by atoms with van der Waals surface area (Å²) in [6.07, 6.45) is 0. The largest absolute Gasteiger partial charge is 0.310 e. The maximum atomic E-state index is 2.40. The quantitative estimate of drug-likeness (QED) is 0.157. The highest BCUT2D eigenvalue weighted by atomic mass is 15.1. The van der Waals surface area contributed by atoms with Gasteiger partial charge in [0.1, 0.15) is 0 Å². The Labute approximate surface area is 346 Å². The smallest absolute Gasteiger partial charge is 0.0468 e. The molecule has 10 aromatic rings. The van der Waals surface area contributed by atoms with Gasteiger partial charge in [-0.1, -0.05) is 194 Å². The molecule has 1 heteroatoms. The highest BCUT2D eigenvalue weighted by Gasteiger charge is 2.41. The summed E-state index contributed by atoms with van der Waals surface area (Å²) >= 11 is 0. The maximum absolute atomic E-state index is 2.40. The van der Waals surface area contributed by atoms with E-state index in [1.807, 2.05) is 0 Å². The Kier molecular flexibility index (Phi) is 8.34. The highest BCUT2D eigenvalue weighted by molar-refractivity contribution is 5.98. The van der Waals surface area contributed by atoms with Gasteiger partial charge in [0.05, 0.1) is 0 Å². The summed E-state index contributed by atoms with van der Waals surface area (Å²) in [4.78, 5) is 2.40. The first kappa shape index (κ1) is 34.7. The van der Waals surface area contributed by atoms with E-state index in [0.717, 1.165) is 17.1 Å². The van der Waals surface area contributed by atoms with Crippen LogP contribution in [0.25, 0.3) is 66.1 Å². The van der Waals surface area contributed by atoms with E-state index in [4.69, 9.17) is 0 Å². The van der Waals surface area contributed by atoms with Crippen molar-refractivity contribution in [2.75, 3.05) is 4.90 Å². The Bertz CT molecular complexity index is 3150. The number of anilines is 3. The lowest BCUT2D eigenvalue weighted by Crippen LogP contribution is -2.22. The van der Waals surface area contributed by atoms with Gasteiger partial charge in [-0.25, -0.2) is 0 Å². The summed E-state index contributed by atoms with van der Waals surface area (Å²) in [6, 6.07) is 84.5. The van der Waals surface area contributed by atoms with Gasteiger partial charge in [0, 0.05) is 22.5 Å². The molecule has 1 atom stereocenters. The van der Waals surface area contributed by atoms with Crippen LogP contribution < -0.4 is 4.90 Å². The zero-order valence-corrected chi connectivity index (χ0v) is 32.9. The Morgan fingerprint density at radius 2 is 0.881 bits per heavy atom. The van der Waals surface area contributed by atoms with Gasteiger partial charge >= 0.3 is 0 Å². The monoisotopic (exact) mass is 751 g/mol. The molecule has 1 aliphatic rings. The number of rotatable bonds is 7. The van der Waals surface area contributed by atoms with E-state index >= 15 is 0 Å². The van der Waals surface area contributed by atoms with Gasteiger partial charge in [0.2, 0.25) is 0 Å². The topological polar surface area (TPSA) is 3.24 Å². The van der Waals surface area contributed by atoms with E-state index in [1.54, 1.807) is 0 Å². The van der Waals surface area contributed by atoms with Crippen LogP contribution in [-0.4, -0.2) is 0 Å². The van der Waals surface area contributed by atoms with Gasteiger partial charge in [-0.3, -0.25) is 0 Å². The molecule has 0 aliphatic heterocycles. The molecule has 59 heavy (non-hydrogen) atoms. The highest BCUT2D eigenvalue weighted by Crippen LogP contribution is 2.55. The Morgan fingerprint density at radius 3 is 1.71 bits per heavy atom. The average Bonchev–Trinajstić information content (AvgIpc) is 3.58. The van der Waals surface area contributed by atoms with Crippen molar-refractivity contribution in [2.24, 2.45) is 0 Å². The molecule has 0 fully saturated rings. The van der Waals surface area contributed by atoms with Gasteiger partial charge < -0.3 is 4.90 Å². The number of benzene rings is 10. The fourth-order valence-electron chi connectivity index (χ4n) is 9.56. The number of fused-ring (bicyclic) bond motifs is 5. The minimum absolute atomic E-state index is 0.254. The third-order valence-corrected chi connectivity index (χ3v) is 12.5. The van der Waals surface area contributed by atoms with Crippen molar-refractivity contribution in [3.8, 4) is 44.5 Å². The third-order valence-electron chi connectivity index (χ3n) is 12.5. The number of hydrogen-bond acceptors (Lipinski definition) is 1. The fraction of sp³-hybridized carbons (Fsp3) is 0.0345. The first-order valence-electron chi connectivity index (χ1n) is 20.5. The lowest BCUT2D eigenvalue weighted by molar-refractivity contribution is 0.714. The predicted octanol–water partition coefficient (Wildman–Crippen LogP) is 15.8. The third kappa shape index (κ3) is 5.86. The second-order valence-electron chi connectivity index (χ2n) is 15.8. The number of nitrogens with zero attached hydrogens (tertiary/aromatic N) is 1. The summed E-state index contributed by atoms with van der Waals surface area (Å²) in [6.45, 7) is 2.39. The van der Waals surface area contributed by atoms with Gasteiger partial charge in [-0.2, -0.15) is 0 Å². The van der Waals surface area contributed by atoms with E-state index in [-0.39, 0.29) is 5.41 Å². The molecule has 0 spiro atoms. The van der Waals surface area contributed by atoms with Crippen LogP contribution in [0.4, 0.5) is 17.1 Å². The van der Waals surface area contributed by atoms with Crippen LogP contribution in [0.5, 0.6) is 0 Å². The zero-order valence-electron chi connectivity index (χ0n) is 32.9. The summed E-state index contributed by atoms with van der Waals surface area (Å²) in [5.41, 5.74) is 17.0. The van der Waals surface area contributed by atoms with Crippen LogP contribution in [-0.2, 0) is 5.41 Å². The summed E-state index contributed by atoms with van der Waals surface area (Å²) in [5.74, 6) is 0. The molecule has 0 saturated heterocycles. The van der Waals surface area contributed by atoms with Crippen LogP contribution in [0, 0.1) is 0 Å². The molecule has 1 unspecified atom stereocenters. The Hall–Kier alpha value is -7.48. The minimum atomic E-state index is -0.254. The second kappa shape index (κ2) is 14.2. The van der Waals surface area contributed by atoms with Crippen molar-refractivity contribution in [1.82, 2.24) is 0 Å². The first-order chi connectivity index (χ1) is 29.1. The summed E-state index contributed by atoms with van der Waals surface area (Å²) < 4.78 is 0. The fourth-order valence-corrected chi connectivity index (χ4v) is 9.56. The molecule has 1 nitrogen and oxygen atoms in total. The van der Waals surface area contributed by atoms with E-state index in [0.29, 0.717) is 0 Å². The van der Waals surface area contributed by atoms with Gasteiger partial charge in [-0.05, 0) is 126 Å². The SMILES string of the molecule is CC1(c2ccccc2)c2ccccc2-c2c(-c3cccc(N(c4ccc(-c5ccc(-c6cccc7ccccc67)cc5)cc4)c4ccc5ccccc5c4)c3)cccc21. The molecule has 10 aromatic carbocycles. The maximum Gasteiger partial charge on any atom is 0.0468 e. The van der Waals surface area contributed by atoms with Gasteiger partial charge in [0.25, 0.3) is 0 Å². The van der Waals surface area contributed by atoms with E-state index in [9.17, 15) is 0 Å². The van der Waals surface area contributed by atoms with E-state index in [1.165, 1.54) is 82.7 Å². The molecule has 0 heterocycles. The van der Waals surface area contributed by atoms with Crippen LogP contribution in [0.15, 0.2) is 231 Å². The summed E-state index contributed by atoms with van der Waals surface area (Å²) in [7, 11) is 0. The minimum Gasteiger partial charge on any atom is -0.310 e. The van der Waals surface area contributed by atoms with Crippen LogP contribution in [0.2, 0.25) is 0 Å². The van der Waals surface area contributed by atoms with Crippen molar-refractivity contribution >= 4 is 38.6 Å². The Morgan fingerprint density at radius 1 is 0.322 bits per heavy atom. The van der Waals surface area contributed by atoms with Crippen molar-refractivity contribution in [2.45, 2.75) is 12.3 Å².